The summed E-state index contributed by atoms with van der Waals surface area (Å²) < 4.78 is 2.03. The molecule has 1 aliphatic heterocycles. The van der Waals surface area contributed by atoms with Gasteiger partial charge in [-0.1, -0.05) is 0 Å². The zero-order valence-corrected chi connectivity index (χ0v) is 8.77. The molecule has 14 heavy (non-hydrogen) atoms. The lowest BCUT2D eigenvalue weighted by Crippen LogP contribution is -2.27. The standard InChI is InChI=1S/C9H17N5/c1-7-11-12-9(13(7)2)6-14-4-3-8(10)5-14/h8H,3-6,10H2,1-2H3. The van der Waals surface area contributed by atoms with Gasteiger partial charge in [0.2, 0.25) is 0 Å². The molecule has 2 N–H and O–H groups in total. The van der Waals surface area contributed by atoms with E-state index in [0.717, 1.165) is 37.7 Å². The lowest BCUT2D eigenvalue weighted by Gasteiger charge is -2.13. The molecule has 5 heteroatoms. The minimum atomic E-state index is 0.337. The van der Waals surface area contributed by atoms with Crippen LogP contribution in [0.15, 0.2) is 0 Å². The summed E-state index contributed by atoms with van der Waals surface area (Å²) in [6.45, 7) is 4.89. The van der Waals surface area contributed by atoms with Gasteiger partial charge < -0.3 is 10.3 Å². The Hall–Kier alpha value is -0.940. The van der Waals surface area contributed by atoms with Crippen LogP contribution in [0.25, 0.3) is 0 Å². The average molecular weight is 195 g/mol. The predicted molar refractivity (Wildman–Crippen MR) is 53.6 cm³/mol. The Morgan fingerprint density at radius 2 is 2.29 bits per heavy atom. The fourth-order valence-corrected chi connectivity index (χ4v) is 1.79. The molecule has 0 spiro atoms. The number of rotatable bonds is 2. The monoisotopic (exact) mass is 195 g/mol. The number of aryl methyl sites for hydroxylation is 1. The maximum Gasteiger partial charge on any atom is 0.146 e. The first-order valence-corrected chi connectivity index (χ1v) is 4.99. The van der Waals surface area contributed by atoms with Crippen molar-refractivity contribution in [2.24, 2.45) is 12.8 Å². The van der Waals surface area contributed by atoms with E-state index >= 15 is 0 Å². The van der Waals surface area contributed by atoms with Crippen molar-refractivity contribution in [2.75, 3.05) is 13.1 Å². The Labute approximate surface area is 83.9 Å². The molecule has 0 saturated carbocycles. The van der Waals surface area contributed by atoms with E-state index < -0.39 is 0 Å². The van der Waals surface area contributed by atoms with Gasteiger partial charge in [-0.05, 0) is 13.3 Å². The molecule has 0 aromatic carbocycles. The van der Waals surface area contributed by atoms with Gasteiger partial charge in [0, 0.05) is 26.2 Å². The molecule has 0 radical (unpaired) electrons. The number of hydrogen-bond donors (Lipinski definition) is 1. The fourth-order valence-electron chi connectivity index (χ4n) is 1.79. The molecule has 1 saturated heterocycles. The molecular weight excluding hydrogens is 178 g/mol. The van der Waals surface area contributed by atoms with E-state index in [2.05, 4.69) is 15.1 Å². The van der Waals surface area contributed by atoms with Gasteiger partial charge in [-0.2, -0.15) is 0 Å². The minimum Gasteiger partial charge on any atom is -0.326 e. The quantitative estimate of drug-likeness (QED) is 0.701. The second-order valence-electron chi connectivity index (χ2n) is 4.01. The Morgan fingerprint density at radius 3 is 2.79 bits per heavy atom. The first-order chi connectivity index (χ1) is 6.66. The van der Waals surface area contributed by atoms with Crippen molar-refractivity contribution in [3.63, 3.8) is 0 Å². The Bertz CT molecular complexity index is 319. The third-order valence-corrected chi connectivity index (χ3v) is 2.86. The zero-order chi connectivity index (χ0) is 10.1. The van der Waals surface area contributed by atoms with Crippen molar-refractivity contribution in [1.29, 1.82) is 0 Å². The summed E-state index contributed by atoms with van der Waals surface area (Å²) in [5.41, 5.74) is 5.84. The van der Waals surface area contributed by atoms with E-state index in [1.54, 1.807) is 0 Å². The van der Waals surface area contributed by atoms with Crippen LogP contribution in [0.4, 0.5) is 0 Å². The van der Waals surface area contributed by atoms with Crippen LogP contribution in [0.3, 0.4) is 0 Å². The summed E-state index contributed by atoms with van der Waals surface area (Å²) in [7, 11) is 2.00. The van der Waals surface area contributed by atoms with E-state index in [4.69, 9.17) is 5.73 Å². The van der Waals surface area contributed by atoms with Gasteiger partial charge in [0.25, 0.3) is 0 Å². The van der Waals surface area contributed by atoms with Crippen molar-refractivity contribution in [2.45, 2.75) is 25.9 Å². The van der Waals surface area contributed by atoms with Gasteiger partial charge >= 0.3 is 0 Å². The van der Waals surface area contributed by atoms with E-state index in [9.17, 15) is 0 Å². The van der Waals surface area contributed by atoms with Crippen LogP contribution in [-0.4, -0.2) is 38.8 Å². The van der Waals surface area contributed by atoms with Crippen LogP contribution in [0.1, 0.15) is 18.1 Å². The summed E-state index contributed by atoms with van der Waals surface area (Å²) in [4.78, 5) is 2.33. The van der Waals surface area contributed by atoms with Crippen molar-refractivity contribution < 1.29 is 0 Å². The van der Waals surface area contributed by atoms with Gasteiger partial charge in [0.1, 0.15) is 11.6 Å². The Balaban J connectivity index is 2.01. The third kappa shape index (κ3) is 1.78. The smallest absolute Gasteiger partial charge is 0.146 e. The molecule has 1 unspecified atom stereocenters. The van der Waals surface area contributed by atoms with Gasteiger partial charge in [0.05, 0.1) is 6.54 Å². The van der Waals surface area contributed by atoms with Gasteiger partial charge in [-0.25, -0.2) is 0 Å². The molecule has 78 valence electrons. The van der Waals surface area contributed by atoms with Crippen molar-refractivity contribution in [3.8, 4) is 0 Å². The normalized spacial score (nSPS) is 23.2. The molecule has 1 atom stereocenters. The zero-order valence-electron chi connectivity index (χ0n) is 8.77. The van der Waals surface area contributed by atoms with Gasteiger partial charge in [0.15, 0.2) is 0 Å². The number of aromatic nitrogens is 3. The van der Waals surface area contributed by atoms with E-state index in [0.29, 0.717) is 6.04 Å². The highest BCUT2D eigenvalue weighted by Gasteiger charge is 2.20. The molecule has 1 aromatic heterocycles. The molecule has 2 rings (SSSR count). The molecule has 0 amide bonds. The van der Waals surface area contributed by atoms with E-state index in [1.807, 2.05) is 18.5 Å². The van der Waals surface area contributed by atoms with Crippen LogP contribution < -0.4 is 5.73 Å². The lowest BCUT2D eigenvalue weighted by molar-refractivity contribution is 0.314. The second-order valence-corrected chi connectivity index (χ2v) is 4.01. The molecule has 2 heterocycles. The highest BCUT2D eigenvalue weighted by Crippen LogP contribution is 2.10. The summed E-state index contributed by atoms with van der Waals surface area (Å²) in [6.07, 6.45) is 1.09. The maximum atomic E-state index is 5.84. The molecule has 0 bridgehead atoms. The van der Waals surface area contributed by atoms with E-state index in [-0.39, 0.29) is 0 Å². The van der Waals surface area contributed by atoms with Gasteiger partial charge in [-0.15, -0.1) is 10.2 Å². The average Bonchev–Trinajstić information content (AvgIpc) is 2.67. The Kier molecular flexibility index (Phi) is 2.52. The molecule has 0 aliphatic carbocycles. The molecular formula is C9H17N5. The lowest BCUT2D eigenvalue weighted by atomic mass is 10.3. The summed E-state index contributed by atoms with van der Waals surface area (Å²) >= 11 is 0. The second kappa shape index (κ2) is 3.67. The largest absolute Gasteiger partial charge is 0.326 e. The van der Waals surface area contributed by atoms with Crippen LogP contribution in [0.2, 0.25) is 0 Å². The number of hydrogen-bond acceptors (Lipinski definition) is 4. The summed E-state index contributed by atoms with van der Waals surface area (Å²) in [6, 6.07) is 0.337. The van der Waals surface area contributed by atoms with Crippen LogP contribution >= 0.6 is 0 Å². The van der Waals surface area contributed by atoms with Crippen molar-refractivity contribution in [1.82, 2.24) is 19.7 Å². The van der Waals surface area contributed by atoms with E-state index in [1.165, 1.54) is 0 Å². The summed E-state index contributed by atoms with van der Waals surface area (Å²) in [5.74, 6) is 1.99. The van der Waals surface area contributed by atoms with Crippen molar-refractivity contribution >= 4 is 0 Å². The first-order valence-electron chi connectivity index (χ1n) is 4.99. The third-order valence-electron chi connectivity index (χ3n) is 2.86. The minimum absolute atomic E-state index is 0.337. The van der Waals surface area contributed by atoms with Crippen molar-refractivity contribution in [3.05, 3.63) is 11.6 Å². The summed E-state index contributed by atoms with van der Waals surface area (Å²) in [5, 5.41) is 8.17. The molecule has 1 aromatic rings. The molecule has 1 fully saturated rings. The molecule has 5 nitrogen and oxygen atoms in total. The highest BCUT2D eigenvalue weighted by molar-refractivity contribution is 4.93. The van der Waals surface area contributed by atoms with Crippen LogP contribution in [0.5, 0.6) is 0 Å². The number of nitrogens with two attached hydrogens (primary N) is 1. The fraction of sp³-hybridized carbons (Fsp3) is 0.778. The SMILES string of the molecule is Cc1nnc(CN2CCC(N)C2)n1C. The topological polar surface area (TPSA) is 60.0 Å². The number of likely N-dealkylation sites (tertiary alicyclic amines) is 1. The van der Waals surface area contributed by atoms with Crippen LogP contribution in [-0.2, 0) is 13.6 Å². The maximum absolute atomic E-state index is 5.84. The first kappa shape index (κ1) is 9.61. The Morgan fingerprint density at radius 1 is 1.50 bits per heavy atom. The van der Waals surface area contributed by atoms with Crippen LogP contribution in [0, 0.1) is 6.92 Å². The predicted octanol–water partition coefficient (Wildman–Crippen LogP) is -0.343. The highest BCUT2D eigenvalue weighted by atomic mass is 15.3. The van der Waals surface area contributed by atoms with Gasteiger partial charge in [-0.3, -0.25) is 4.90 Å². The molecule has 1 aliphatic rings. The number of nitrogens with zero attached hydrogens (tertiary/aromatic N) is 4.